The molecular weight excluding hydrogens is 214 g/mol. The van der Waals surface area contributed by atoms with Gasteiger partial charge >= 0.3 is 0 Å². The van der Waals surface area contributed by atoms with Crippen molar-refractivity contribution in [1.82, 2.24) is 4.90 Å². The molecule has 0 aliphatic carbocycles. The van der Waals surface area contributed by atoms with E-state index in [1.807, 2.05) is 0 Å². The van der Waals surface area contributed by atoms with E-state index in [0.29, 0.717) is 12.1 Å². The maximum atomic E-state index is 8.84. The normalized spacial score (nSPS) is 29.6. The van der Waals surface area contributed by atoms with Crippen LogP contribution in [0.4, 0.5) is 0 Å². The molecule has 17 heavy (non-hydrogen) atoms. The van der Waals surface area contributed by atoms with Gasteiger partial charge in [0.05, 0.1) is 12.2 Å². The minimum Gasteiger partial charge on any atom is -0.381 e. The summed E-state index contributed by atoms with van der Waals surface area (Å²) in [7, 11) is 1.79. The molecule has 0 amide bonds. The first-order valence-corrected chi connectivity index (χ1v) is 6.45. The average Bonchev–Trinajstić information content (AvgIpc) is 2.31. The van der Waals surface area contributed by atoms with Gasteiger partial charge in [0.25, 0.3) is 0 Å². The third-order valence-corrected chi connectivity index (χ3v) is 3.70. The molecule has 0 radical (unpaired) electrons. The van der Waals surface area contributed by atoms with Gasteiger partial charge in [0, 0.05) is 19.7 Å². The van der Waals surface area contributed by atoms with Crippen molar-refractivity contribution in [3.63, 3.8) is 0 Å². The Morgan fingerprint density at radius 1 is 1.59 bits per heavy atom. The number of hydrogen-bond acceptors (Lipinski definition) is 4. The highest BCUT2D eigenvalue weighted by molar-refractivity contribution is 5.00. The summed E-state index contributed by atoms with van der Waals surface area (Å²) in [6.45, 7) is 6.17. The molecule has 1 heterocycles. The lowest BCUT2D eigenvalue weighted by atomic mass is 9.97. The van der Waals surface area contributed by atoms with E-state index in [-0.39, 0.29) is 0 Å². The van der Waals surface area contributed by atoms with Crippen molar-refractivity contribution in [2.75, 3.05) is 20.2 Å². The van der Waals surface area contributed by atoms with Crippen LogP contribution in [0.3, 0.4) is 0 Å². The molecule has 2 N–H and O–H groups in total. The van der Waals surface area contributed by atoms with E-state index in [0.717, 1.165) is 38.8 Å². The van der Waals surface area contributed by atoms with Gasteiger partial charge in [0.1, 0.15) is 5.54 Å². The summed E-state index contributed by atoms with van der Waals surface area (Å²) in [4.78, 5) is 2.48. The Bertz CT molecular complexity index is 272. The minimum atomic E-state index is -0.673. The van der Waals surface area contributed by atoms with Crippen LogP contribution in [0, 0.1) is 11.3 Å². The molecule has 1 saturated heterocycles. The quantitative estimate of drug-likeness (QED) is 0.790. The van der Waals surface area contributed by atoms with E-state index in [4.69, 9.17) is 15.7 Å². The lowest BCUT2D eigenvalue weighted by Gasteiger charge is -2.37. The van der Waals surface area contributed by atoms with E-state index < -0.39 is 5.54 Å². The first kappa shape index (κ1) is 14.4. The van der Waals surface area contributed by atoms with Gasteiger partial charge in [-0.25, -0.2) is 0 Å². The third kappa shape index (κ3) is 4.63. The van der Waals surface area contributed by atoms with E-state index >= 15 is 0 Å². The van der Waals surface area contributed by atoms with Gasteiger partial charge in [-0.15, -0.1) is 0 Å². The second-order valence-corrected chi connectivity index (χ2v) is 5.40. The van der Waals surface area contributed by atoms with Crippen LogP contribution in [0.25, 0.3) is 0 Å². The topological polar surface area (TPSA) is 62.3 Å². The van der Waals surface area contributed by atoms with Crippen molar-refractivity contribution in [2.24, 2.45) is 5.73 Å². The first-order chi connectivity index (χ1) is 7.98. The summed E-state index contributed by atoms with van der Waals surface area (Å²) in [6, 6.07) is 2.71. The van der Waals surface area contributed by atoms with Crippen molar-refractivity contribution in [3.05, 3.63) is 0 Å². The number of nitriles is 1. The first-order valence-electron chi connectivity index (χ1n) is 6.45. The van der Waals surface area contributed by atoms with Crippen LogP contribution in [-0.4, -0.2) is 42.8 Å². The Kier molecular flexibility index (Phi) is 5.38. The van der Waals surface area contributed by atoms with Gasteiger partial charge in [0.2, 0.25) is 0 Å². The fourth-order valence-corrected chi connectivity index (χ4v) is 2.43. The van der Waals surface area contributed by atoms with Crippen molar-refractivity contribution < 1.29 is 4.74 Å². The molecule has 3 atom stereocenters. The van der Waals surface area contributed by atoms with Crippen molar-refractivity contribution in [2.45, 2.75) is 57.2 Å². The molecule has 1 rings (SSSR count). The SMILES string of the molecule is COC1CCN(CCCC(C)(N)C#N)C(C)C1. The fourth-order valence-electron chi connectivity index (χ4n) is 2.43. The zero-order valence-electron chi connectivity index (χ0n) is 11.3. The highest BCUT2D eigenvalue weighted by atomic mass is 16.5. The van der Waals surface area contributed by atoms with E-state index in [1.54, 1.807) is 14.0 Å². The summed E-state index contributed by atoms with van der Waals surface area (Å²) < 4.78 is 5.40. The van der Waals surface area contributed by atoms with E-state index in [1.165, 1.54) is 0 Å². The number of methoxy groups -OCH3 is 1. The molecular formula is C13H25N3O. The van der Waals surface area contributed by atoms with Gasteiger partial charge in [-0.3, -0.25) is 0 Å². The molecule has 0 saturated carbocycles. The Morgan fingerprint density at radius 3 is 2.82 bits per heavy atom. The van der Waals surface area contributed by atoms with Crippen LogP contribution in [0.5, 0.6) is 0 Å². The Hall–Kier alpha value is -0.630. The van der Waals surface area contributed by atoms with Crippen molar-refractivity contribution in [1.29, 1.82) is 5.26 Å². The number of rotatable bonds is 5. The second-order valence-electron chi connectivity index (χ2n) is 5.40. The van der Waals surface area contributed by atoms with Crippen LogP contribution >= 0.6 is 0 Å². The lowest BCUT2D eigenvalue weighted by molar-refractivity contribution is 0.0152. The summed E-state index contributed by atoms with van der Waals surface area (Å²) in [5.41, 5.74) is 5.14. The van der Waals surface area contributed by atoms with Crippen LogP contribution in [0.15, 0.2) is 0 Å². The third-order valence-electron chi connectivity index (χ3n) is 3.70. The second kappa shape index (κ2) is 6.34. The molecule has 1 aliphatic rings. The van der Waals surface area contributed by atoms with E-state index in [2.05, 4.69) is 17.9 Å². The number of likely N-dealkylation sites (tertiary alicyclic amines) is 1. The molecule has 1 aliphatic heterocycles. The highest BCUT2D eigenvalue weighted by Gasteiger charge is 2.25. The van der Waals surface area contributed by atoms with Crippen LogP contribution in [0.2, 0.25) is 0 Å². The number of piperidine rings is 1. The molecule has 0 spiro atoms. The number of nitrogens with two attached hydrogens (primary N) is 1. The predicted octanol–water partition coefficient (Wildman–Crippen LogP) is 1.51. The molecule has 4 heteroatoms. The van der Waals surface area contributed by atoms with Crippen molar-refractivity contribution in [3.8, 4) is 6.07 Å². The summed E-state index contributed by atoms with van der Waals surface area (Å²) in [6.07, 6.45) is 4.39. The predicted molar refractivity (Wildman–Crippen MR) is 68.5 cm³/mol. The summed E-state index contributed by atoms with van der Waals surface area (Å²) in [5.74, 6) is 0. The molecule has 98 valence electrons. The Labute approximate surface area is 105 Å². The van der Waals surface area contributed by atoms with Crippen LogP contribution in [0.1, 0.15) is 39.5 Å². The Balaban J connectivity index is 2.27. The molecule has 0 bridgehead atoms. The zero-order chi connectivity index (χ0) is 12.9. The monoisotopic (exact) mass is 239 g/mol. The zero-order valence-corrected chi connectivity index (χ0v) is 11.3. The molecule has 4 nitrogen and oxygen atoms in total. The van der Waals surface area contributed by atoms with Gasteiger partial charge < -0.3 is 15.4 Å². The van der Waals surface area contributed by atoms with Gasteiger partial charge in [-0.1, -0.05) is 0 Å². The van der Waals surface area contributed by atoms with Gasteiger partial charge in [-0.05, 0) is 46.1 Å². The Morgan fingerprint density at radius 2 is 2.29 bits per heavy atom. The number of ether oxygens (including phenoxy) is 1. The van der Waals surface area contributed by atoms with Gasteiger partial charge in [-0.2, -0.15) is 5.26 Å². The van der Waals surface area contributed by atoms with E-state index in [9.17, 15) is 0 Å². The highest BCUT2D eigenvalue weighted by Crippen LogP contribution is 2.20. The largest absolute Gasteiger partial charge is 0.381 e. The molecule has 1 fully saturated rings. The average molecular weight is 239 g/mol. The van der Waals surface area contributed by atoms with Gasteiger partial charge in [0.15, 0.2) is 0 Å². The summed E-state index contributed by atoms with van der Waals surface area (Å²) in [5, 5.41) is 8.84. The molecule has 3 unspecified atom stereocenters. The maximum absolute atomic E-state index is 8.84. The fraction of sp³-hybridized carbons (Fsp3) is 0.923. The maximum Gasteiger partial charge on any atom is 0.101 e. The van der Waals surface area contributed by atoms with Crippen LogP contribution in [-0.2, 0) is 4.74 Å². The number of nitrogens with zero attached hydrogens (tertiary/aromatic N) is 2. The van der Waals surface area contributed by atoms with Crippen molar-refractivity contribution >= 4 is 0 Å². The smallest absolute Gasteiger partial charge is 0.101 e. The molecule has 0 aromatic carbocycles. The lowest BCUT2D eigenvalue weighted by Crippen LogP contribution is -2.44. The molecule has 0 aromatic rings. The standard InChI is InChI=1S/C13H25N3O/c1-11-9-12(17-3)5-8-16(11)7-4-6-13(2,15)10-14/h11-12H,4-9,15H2,1-3H3. The molecule has 0 aromatic heterocycles. The minimum absolute atomic E-state index is 0.417. The number of hydrogen-bond donors (Lipinski definition) is 1. The van der Waals surface area contributed by atoms with Crippen LogP contribution < -0.4 is 5.73 Å². The summed E-state index contributed by atoms with van der Waals surface area (Å²) >= 11 is 0.